The Balaban J connectivity index is 2.70. The number of halogens is 2. The molecule has 0 fully saturated rings. The molecule has 0 saturated heterocycles. The van der Waals surface area contributed by atoms with Gasteiger partial charge in [-0.2, -0.15) is 0 Å². The largest absolute Gasteiger partial charge is 0.488 e. The Morgan fingerprint density at radius 3 is 2.67 bits per heavy atom. The van der Waals surface area contributed by atoms with Gasteiger partial charge in [0.25, 0.3) is 0 Å². The SMILES string of the molecule is CCCC(CN)Oc1ccc(Cl)cc1Cl. The smallest absolute Gasteiger partial charge is 0.138 e. The Bertz CT molecular complexity index is 317. The Kier molecular flexibility index (Phi) is 5.23. The van der Waals surface area contributed by atoms with Crippen molar-refractivity contribution in [2.24, 2.45) is 5.73 Å². The summed E-state index contributed by atoms with van der Waals surface area (Å²) >= 11 is 11.8. The number of nitrogens with two attached hydrogens (primary N) is 1. The molecule has 0 aliphatic heterocycles. The highest BCUT2D eigenvalue weighted by molar-refractivity contribution is 6.35. The zero-order chi connectivity index (χ0) is 11.3. The molecule has 0 heterocycles. The van der Waals surface area contributed by atoms with Crippen molar-refractivity contribution < 1.29 is 4.74 Å². The zero-order valence-electron chi connectivity index (χ0n) is 8.67. The van der Waals surface area contributed by atoms with Gasteiger partial charge in [0.1, 0.15) is 11.9 Å². The molecule has 0 radical (unpaired) electrons. The first-order valence-corrected chi connectivity index (χ1v) is 5.74. The second-order valence-electron chi connectivity index (χ2n) is 3.34. The summed E-state index contributed by atoms with van der Waals surface area (Å²) in [5.41, 5.74) is 5.59. The fraction of sp³-hybridized carbons (Fsp3) is 0.455. The number of ether oxygens (including phenoxy) is 1. The van der Waals surface area contributed by atoms with E-state index in [2.05, 4.69) is 6.92 Å². The summed E-state index contributed by atoms with van der Waals surface area (Å²) in [6.45, 7) is 2.59. The summed E-state index contributed by atoms with van der Waals surface area (Å²) in [6.07, 6.45) is 1.98. The Morgan fingerprint density at radius 2 is 2.13 bits per heavy atom. The molecule has 2 nitrogen and oxygen atoms in total. The summed E-state index contributed by atoms with van der Waals surface area (Å²) < 4.78 is 5.67. The average molecular weight is 248 g/mol. The van der Waals surface area contributed by atoms with Crippen LogP contribution in [0.5, 0.6) is 5.75 Å². The molecule has 0 spiro atoms. The van der Waals surface area contributed by atoms with Gasteiger partial charge in [0.2, 0.25) is 0 Å². The van der Waals surface area contributed by atoms with Gasteiger partial charge in [-0.3, -0.25) is 0 Å². The minimum atomic E-state index is 0.0219. The standard InChI is InChI=1S/C11H15Cl2NO/c1-2-3-9(7-14)15-11-5-4-8(12)6-10(11)13/h4-6,9H,2-3,7,14H2,1H3. The van der Waals surface area contributed by atoms with Crippen molar-refractivity contribution in [1.82, 2.24) is 0 Å². The molecule has 1 aromatic carbocycles. The van der Waals surface area contributed by atoms with Crippen LogP contribution in [0.15, 0.2) is 18.2 Å². The fourth-order valence-corrected chi connectivity index (χ4v) is 1.75. The predicted molar refractivity (Wildman–Crippen MR) is 64.8 cm³/mol. The Morgan fingerprint density at radius 1 is 1.40 bits per heavy atom. The molecule has 0 aliphatic carbocycles. The topological polar surface area (TPSA) is 35.2 Å². The molecule has 84 valence electrons. The van der Waals surface area contributed by atoms with Crippen molar-refractivity contribution in [3.05, 3.63) is 28.2 Å². The van der Waals surface area contributed by atoms with Crippen LogP contribution in [-0.4, -0.2) is 12.6 Å². The molecule has 2 N–H and O–H groups in total. The quantitative estimate of drug-likeness (QED) is 0.865. The van der Waals surface area contributed by atoms with E-state index in [4.69, 9.17) is 33.7 Å². The predicted octanol–water partition coefficient (Wildman–Crippen LogP) is 3.50. The molecule has 1 aromatic rings. The molecule has 0 aliphatic rings. The zero-order valence-corrected chi connectivity index (χ0v) is 10.2. The monoisotopic (exact) mass is 247 g/mol. The number of hydrogen-bond donors (Lipinski definition) is 1. The lowest BCUT2D eigenvalue weighted by Crippen LogP contribution is -2.26. The summed E-state index contributed by atoms with van der Waals surface area (Å²) in [7, 11) is 0. The van der Waals surface area contributed by atoms with Crippen LogP contribution in [0.1, 0.15) is 19.8 Å². The first-order valence-electron chi connectivity index (χ1n) is 4.99. The minimum Gasteiger partial charge on any atom is -0.488 e. The summed E-state index contributed by atoms with van der Waals surface area (Å²) in [5, 5.41) is 1.13. The maximum atomic E-state index is 5.98. The van der Waals surface area contributed by atoms with Gasteiger partial charge in [0, 0.05) is 11.6 Å². The third-order valence-electron chi connectivity index (χ3n) is 2.06. The molecule has 1 atom stereocenters. The van der Waals surface area contributed by atoms with Gasteiger partial charge in [-0.1, -0.05) is 36.5 Å². The second kappa shape index (κ2) is 6.21. The van der Waals surface area contributed by atoms with Gasteiger partial charge in [0.15, 0.2) is 0 Å². The van der Waals surface area contributed by atoms with E-state index in [0.717, 1.165) is 12.8 Å². The van der Waals surface area contributed by atoms with Crippen LogP contribution < -0.4 is 10.5 Å². The average Bonchev–Trinajstić information content (AvgIpc) is 2.21. The van der Waals surface area contributed by atoms with Gasteiger partial charge in [-0.05, 0) is 24.6 Å². The Hall–Kier alpha value is -0.440. The third kappa shape index (κ3) is 3.90. The van der Waals surface area contributed by atoms with Crippen molar-refractivity contribution in [2.75, 3.05) is 6.54 Å². The lowest BCUT2D eigenvalue weighted by atomic mass is 10.2. The van der Waals surface area contributed by atoms with Crippen molar-refractivity contribution in [3.63, 3.8) is 0 Å². The van der Waals surface area contributed by atoms with Crippen molar-refractivity contribution in [1.29, 1.82) is 0 Å². The van der Waals surface area contributed by atoms with E-state index in [1.54, 1.807) is 18.2 Å². The lowest BCUT2D eigenvalue weighted by Gasteiger charge is -2.17. The van der Waals surface area contributed by atoms with Gasteiger partial charge in [-0.15, -0.1) is 0 Å². The van der Waals surface area contributed by atoms with Crippen LogP contribution in [-0.2, 0) is 0 Å². The summed E-state index contributed by atoms with van der Waals surface area (Å²) in [6, 6.07) is 5.18. The highest BCUT2D eigenvalue weighted by Crippen LogP contribution is 2.28. The minimum absolute atomic E-state index is 0.0219. The molecule has 0 bridgehead atoms. The van der Waals surface area contributed by atoms with Crippen LogP contribution in [0.4, 0.5) is 0 Å². The van der Waals surface area contributed by atoms with Crippen LogP contribution in [0, 0.1) is 0 Å². The van der Waals surface area contributed by atoms with Crippen LogP contribution in [0.2, 0.25) is 10.0 Å². The molecular formula is C11H15Cl2NO. The molecule has 0 saturated carbocycles. The second-order valence-corrected chi connectivity index (χ2v) is 4.18. The van der Waals surface area contributed by atoms with Gasteiger partial charge < -0.3 is 10.5 Å². The molecule has 15 heavy (non-hydrogen) atoms. The lowest BCUT2D eigenvalue weighted by molar-refractivity contribution is 0.198. The Labute approximate surface area is 100 Å². The van der Waals surface area contributed by atoms with Crippen molar-refractivity contribution in [2.45, 2.75) is 25.9 Å². The summed E-state index contributed by atoms with van der Waals surface area (Å²) in [5.74, 6) is 0.643. The molecule has 4 heteroatoms. The van der Waals surface area contributed by atoms with E-state index >= 15 is 0 Å². The van der Waals surface area contributed by atoms with E-state index in [9.17, 15) is 0 Å². The molecule has 1 unspecified atom stereocenters. The number of hydrogen-bond acceptors (Lipinski definition) is 2. The van der Waals surface area contributed by atoms with Crippen LogP contribution >= 0.6 is 23.2 Å². The van der Waals surface area contributed by atoms with Crippen molar-refractivity contribution >= 4 is 23.2 Å². The van der Waals surface area contributed by atoms with E-state index in [1.165, 1.54) is 0 Å². The van der Waals surface area contributed by atoms with Gasteiger partial charge >= 0.3 is 0 Å². The van der Waals surface area contributed by atoms with Gasteiger partial charge in [-0.25, -0.2) is 0 Å². The first-order chi connectivity index (χ1) is 7.17. The third-order valence-corrected chi connectivity index (χ3v) is 2.59. The maximum Gasteiger partial charge on any atom is 0.138 e. The summed E-state index contributed by atoms with van der Waals surface area (Å²) in [4.78, 5) is 0. The number of benzene rings is 1. The van der Waals surface area contributed by atoms with E-state index < -0.39 is 0 Å². The van der Waals surface area contributed by atoms with E-state index in [1.807, 2.05) is 0 Å². The fourth-order valence-electron chi connectivity index (χ4n) is 1.30. The van der Waals surface area contributed by atoms with Gasteiger partial charge in [0.05, 0.1) is 5.02 Å². The first kappa shape index (κ1) is 12.6. The van der Waals surface area contributed by atoms with E-state index in [-0.39, 0.29) is 6.10 Å². The van der Waals surface area contributed by atoms with Crippen LogP contribution in [0.25, 0.3) is 0 Å². The number of rotatable bonds is 5. The normalized spacial score (nSPS) is 12.5. The molecule has 0 amide bonds. The molecule has 0 aromatic heterocycles. The van der Waals surface area contributed by atoms with Crippen LogP contribution in [0.3, 0.4) is 0 Å². The maximum absolute atomic E-state index is 5.98. The highest BCUT2D eigenvalue weighted by atomic mass is 35.5. The van der Waals surface area contributed by atoms with E-state index in [0.29, 0.717) is 22.3 Å². The van der Waals surface area contributed by atoms with Crippen molar-refractivity contribution in [3.8, 4) is 5.75 Å². The molecule has 1 rings (SSSR count). The molecular weight excluding hydrogens is 233 g/mol. The highest BCUT2D eigenvalue weighted by Gasteiger charge is 2.09.